The molecule has 0 saturated carbocycles. The van der Waals surface area contributed by atoms with Crippen molar-refractivity contribution in [1.82, 2.24) is 9.78 Å². The Bertz CT molecular complexity index is 282. The minimum absolute atomic E-state index is 0.914. The SMILES string of the molecule is CCc1[nH]n(C)c(=S)c1C. The fourth-order valence-corrected chi connectivity index (χ4v) is 1.23. The molecule has 1 rings (SSSR count). The molecule has 56 valence electrons. The Hall–Kier alpha value is -0.570. The predicted octanol–water partition coefficient (Wildman–Crippen LogP) is 1.95. The van der Waals surface area contributed by atoms with Crippen molar-refractivity contribution >= 4 is 12.2 Å². The molecule has 0 aliphatic heterocycles. The molecule has 2 nitrogen and oxygen atoms in total. The number of nitrogens with one attached hydrogen (secondary N) is 1. The highest BCUT2D eigenvalue weighted by Crippen LogP contribution is 2.06. The summed E-state index contributed by atoms with van der Waals surface area (Å²) in [6.45, 7) is 4.17. The van der Waals surface area contributed by atoms with Gasteiger partial charge in [0.1, 0.15) is 4.64 Å². The van der Waals surface area contributed by atoms with Crippen LogP contribution in [0.5, 0.6) is 0 Å². The summed E-state index contributed by atoms with van der Waals surface area (Å²) in [6.07, 6.45) is 1.02. The minimum Gasteiger partial charge on any atom is -0.302 e. The summed E-state index contributed by atoms with van der Waals surface area (Å²) in [5.74, 6) is 0. The van der Waals surface area contributed by atoms with Gasteiger partial charge in [0, 0.05) is 18.3 Å². The third-order valence-electron chi connectivity index (χ3n) is 1.73. The van der Waals surface area contributed by atoms with Gasteiger partial charge in [-0.15, -0.1) is 0 Å². The summed E-state index contributed by atoms with van der Waals surface area (Å²) in [5.41, 5.74) is 2.45. The fourth-order valence-electron chi connectivity index (χ4n) is 1.06. The number of rotatable bonds is 1. The molecule has 0 unspecified atom stereocenters. The molecule has 1 aromatic heterocycles. The standard InChI is InChI=1S/C7H12N2S/c1-4-6-5(2)7(10)9(3)8-6/h8H,4H2,1-3H3. The van der Waals surface area contributed by atoms with Gasteiger partial charge in [-0.2, -0.15) is 0 Å². The number of hydrogen-bond acceptors (Lipinski definition) is 1. The van der Waals surface area contributed by atoms with Crippen LogP contribution < -0.4 is 0 Å². The molecule has 1 heterocycles. The van der Waals surface area contributed by atoms with Gasteiger partial charge in [-0.3, -0.25) is 4.68 Å². The second-order valence-electron chi connectivity index (χ2n) is 2.43. The maximum absolute atomic E-state index is 5.11. The van der Waals surface area contributed by atoms with Gasteiger partial charge < -0.3 is 5.10 Å². The van der Waals surface area contributed by atoms with Gasteiger partial charge in [0.2, 0.25) is 0 Å². The van der Waals surface area contributed by atoms with E-state index in [4.69, 9.17) is 12.2 Å². The number of H-pyrrole nitrogens is 1. The van der Waals surface area contributed by atoms with Crippen LogP contribution in [0.1, 0.15) is 18.2 Å². The van der Waals surface area contributed by atoms with Crippen LogP contribution in [0.25, 0.3) is 0 Å². The minimum atomic E-state index is 0.914. The molecule has 1 N–H and O–H groups in total. The molecule has 0 bridgehead atoms. The first-order valence-corrected chi connectivity index (χ1v) is 3.82. The van der Waals surface area contributed by atoms with E-state index in [1.807, 2.05) is 11.7 Å². The van der Waals surface area contributed by atoms with Crippen molar-refractivity contribution in [3.63, 3.8) is 0 Å². The zero-order chi connectivity index (χ0) is 7.72. The first kappa shape index (κ1) is 7.54. The third-order valence-corrected chi connectivity index (χ3v) is 2.31. The normalized spacial score (nSPS) is 10.3. The highest BCUT2D eigenvalue weighted by Gasteiger charge is 2.00. The zero-order valence-corrected chi connectivity index (χ0v) is 7.38. The molecule has 0 spiro atoms. The topological polar surface area (TPSA) is 20.7 Å². The number of aryl methyl sites for hydroxylation is 2. The van der Waals surface area contributed by atoms with E-state index in [1.165, 1.54) is 11.3 Å². The van der Waals surface area contributed by atoms with Crippen LogP contribution in [0.2, 0.25) is 0 Å². The van der Waals surface area contributed by atoms with E-state index < -0.39 is 0 Å². The molecule has 0 aliphatic carbocycles. The highest BCUT2D eigenvalue weighted by atomic mass is 32.1. The average Bonchev–Trinajstić information content (AvgIpc) is 2.17. The Kier molecular flexibility index (Phi) is 1.94. The number of nitrogens with zero attached hydrogens (tertiary/aromatic N) is 1. The van der Waals surface area contributed by atoms with Crippen molar-refractivity contribution in [3.05, 3.63) is 15.9 Å². The lowest BCUT2D eigenvalue weighted by Crippen LogP contribution is -1.90. The lowest BCUT2D eigenvalue weighted by molar-refractivity contribution is 0.737. The highest BCUT2D eigenvalue weighted by molar-refractivity contribution is 7.71. The second kappa shape index (κ2) is 2.58. The van der Waals surface area contributed by atoms with Gasteiger partial charge in [-0.1, -0.05) is 19.1 Å². The maximum Gasteiger partial charge on any atom is 0.124 e. The molecule has 1 aromatic rings. The van der Waals surface area contributed by atoms with E-state index >= 15 is 0 Å². The number of hydrogen-bond donors (Lipinski definition) is 1. The van der Waals surface area contributed by atoms with Gasteiger partial charge in [-0.05, 0) is 13.3 Å². The van der Waals surface area contributed by atoms with Crippen LogP contribution >= 0.6 is 12.2 Å². The van der Waals surface area contributed by atoms with E-state index in [-0.39, 0.29) is 0 Å². The van der Waals surface area contributed by atoms with Crippen LogP contribution in [-0.4, -0.2) is 9.78 Å². The summed E-state index contributed by atoms with van der Waals surface area (Å²) in [6, 6.07) is 0. The maximum atomic E-state index is 5.11. The molecule has 0 radical (unpaired) electrons. The molecule has 0 saturated heterocycles. The first-order chi connectivity index (χ1) is 4.66. The Labute approximate surface area is 65.9 Å². The average molecular weight is 156 g/mol. The molecular weight excluding hydrogens is 144 g/mol. The monoisotopic (exact) mass is 156 g/mol. The largest absolute Gasteiger partial charge is 0.302 e. The van der Waals surface area contributed by atoms with E-state index in [1.54, 1.807) is 0 Å². The van der Waals surface area contributed by atoms with E-state index in [2.05, 4.69) is 18.9 Å². The quantitative estimate of drug-likeness (QED) is 0.616. The molecule has 10 heavy (non-hydrogen) atoms. The Morgan fingerprint density at radius 2 is 2.20 bits per heavy atom. The van der Waals surface area contributed by atoms with E-state index in [0.29, 0.717) is 0 Å². The summed E-state index contributed by atoms with van der Waals surface area (Å²) >= 11 is 5.11. The van der Waals surface area contributed by atoms with Gasteiger partial charge in [0.15, 0.2) is 0 Å². The smallest absolute Gasteiger partial charge is 0.124 e. The Morgan fingerprint density at radius 1 is 1.60 bits per heavy atom. The molecule has 3 heteroatoms. The molecule has 0 fully saturated rings. The third kappa shape index (κ3) is 1.01. The Morgan fingerprint density at radius 3 is 2.40 bits per heavy atom. The van der Waals surface area contributed by atoms with E-state index in [9.17, 15) is 0 Å². The van der Waals surface area contributed by atoms with Crippen LogP contribution in [0.4, 0.5) is 0 Å². The van der Waals surface area contributed by atoms with Crippen molar-refractivity contribution in [3.8, 4) is 0 Å². The van der Waals surface area contributed by atoms with Crippen molar-refractivity contribution in [2.75, 3.05) is 0 Å². The number of aromatic nitrogens is 2. The molecule has 0 aliphatic rings. The van der Waals surface area contributed by atoms with Crippen LogP contribution in [0.15, 0.2) is 0 Å². The molecular formula is C7H12N2S. The van der Waals surface area contributed by atoms with Gasteiger partial charge in [-0.25, -0.2) is 0 Å². The predicted molar refractivity (Wildman–Crippen MR) is 44.7 cm³/mol. The summed E-state index contributed by atoms with van der Waals surface area (Å²) in [4.78, 5) is 0. The molecule has 0 amide bonds. The molecule has 0 atom stereocenters. The van der Waals surface area contributed by atoms with Crippen molar-refractivity contribution in [2.24, 2.45) is 7.05 Å². The van der Waals surface area contributed by atoms with Gasteiger partial charge in [0.25, 0.3) is 0 Å². The van der Waals surface area contributed by atoms with Crippen molar-refractivity contribution in [2.45, 2.75) is 20.3 Å². The summed E-state index contributed by atoms with van der Waals surface area (Å²) in [5, 5.41) is 3.17. The van der Waals surface area contributed by atoms with Crippen LogP contribution in [0, 0.1) is 11.6 Å². The zero-order valence-electron chi connectivity index (χ0n) is 6.56. The van der Waals surface area contributed by atoms with Gasteiger partial charge in [0.05, 0.1) is 0 Å². The van der Waals surface area contributed by atoms with Crippen LogP contribution in [-0.2, 0) is 13.5 Å². The second-order valence-corrected chi connectivity index (χ2v) is 2.82. The Balaban J connectivity index is 3.31. The fraction of sp³-hybridized carbons (Fsp3) is 0.571. The van der Waals surface area contributed by atoms with Gasteiger partial charge >= 0.3 is 0 Å². The lowest BCUT2D eigenvalue weighted by Gasteiger charge is -1.89. The van der Waals surface area contributed by atoms with Crippen molar-refractivity contribution < 1.29 is 0 Å². The first-order valence-electron chi connectivity index (χ1n) is 3.41. The molecule has 0 aromatic carbocycles. The van der Waals surface area contributed by atoms with E-state index in [0.717, 1.165) is 11.1 Å². The number of aromatic amines is 1. The summed E-state index contributed by atoms with van der Waals surface area (Å²) in [7, 11) is 1.94. The lowest BCUT2D eigenvalue weighted by atomic mass is 10.2. The van der Waals surface area contributed by atoms with Crippen LogP contribution in [0.3, 0.4) is 0 Å². The van der Waals surface area contributed by atoms with Crippen molar-refractivity contribution in [1.29, 1.82) is 0 Å². The summed E-state index contributed by atoms with van der Waals surface area (Å²) < 4.78 is 2.79.